The molecule has 0 heterocycles. The van der Waals surface area contributed by atoms with Crippen LogP contribution in [-0.4, -0.2) is 40.5 Å². The molecule has 0 spiro atoms. The zero-order valence-electron chi connectivity index (χ0n) is 2.50. The Hall–Kier alpha value is 1.92. The van der Waals surface area contributed by atoms with Gasteiger partial charge in [0.15, 0.2) is 0 Å². The summed E-state index contributed by atoms with van der Waals surface area (Å²) in [7, 11) is 0. The van der Waals surface area contributed by atoms with Crippen molar-refractivity contribution in [3.8, 4) is 0 Å². The normalized spacial score (nSPS) is 8.43. The van der Waals surface area contributed by atoms with Crippen molar-refractivity contribution < 1.29 is 31.7 Å². The maximum absolute atomic E-state index is 7.56. The first-order chi connectivity index (χ1) is 2.00. The standard InChI is InChI=1S/Cu.In.H3O3PS.3H/c;;1-4(2,3)5;;;/h;;(H3,1,2,3,5);;;. The fourth-order valence-electron chi connectivity index (χ4n) is 0. The molecule has 3 nitrogen and oxygen atoms in total. The van der Waals surface area contributed by atoms with Crippen LogP contribution in [0.4, 0.5) is 0 Å². The third kappa shape index (κ3) is 75.3. The Bertz CT molecular complexity index is 61.1. The van der Waals surface area contributed by atoms with Crippen LogP contribution in [0.1, 0.15) is 0 Å². The van der Waals surface area contributed by atoms with Crippen molar-refractivity contribution in [1.29, 1.82) is 0 Å². The Morgan fingerprint density at radius 3 is 1.14 bits per heavy atom. The van der Waals surface area contributed by atoms with Crippen molar-refractivity contribution in [2.24, 2.45) is 0 Å². The SMILES string of the molecule is OP(O)(O)=S.[Cu].[InH3]. The summed E-state index contributed by atoms with van der Waals surface area (Å²) in [5.41, 5.74) is 0. The summed E-state index contributed by atoms with van der Waals surface area (Å²) >= 11 is 3.60. The molecule has 3 N–H and O–H groups in total. The van der Waals surface area contributed by atoms with Gasteiger partial charge in [-0.05, 0) is 11.8 Å². The molecule has 0 rings (SSSR count). The molecular weight excluding hydrogens is 289 g/mol. The monoisotopic (exact) mass is 295 g/mol. The van der Waals surface area contributed by atoms with Crippen LogP contribution in [0.5, 0.6) is 0 Å². The molecule has 0 atom stereocenters. The van der Waals surface area contributed by atoms with E-state index in [1.54, 1.807) is 0 Å². The molecule has 0 bridgehead atoms. The minimum atomic E-state index is -3.81. The van der Waals surface area contributed by atoms with E-state index >= 15 is 0 Å². The van der Waals surface area contributed by atoms with E-state index in [4.69, 9.17) is 14.7 Å². The first kappa shape index (κ1) is 16.0. The minimum absolute atomic E-state index is 0. The van der Waals surface area contributed by atoms with Crippen LogP contribution in [0, 0.1) is 0 Å². The van der Waals surface area contributed by atoms with E-state index in [0.29, 0.717) is 0 Å². The first-order valence-corrected chi connectivity index (χ1v) is 3.44. The summed E-state index contributed by atoms with van der Waals surface area (Å²) in [5.74, 6) is 0. The molecule has 1 radical (unpaired) electrons. The van der Waals surface area contributed by atoms with Gasteiger partial charge >= 0.3 is 32.6 Å². The third-order valence-electron chi connectivity index (χ3n) is 0. The van der Waals surface area contributed by atoms with Crippen LogP contribution in [0.15, 0.2) is 0 Å². The summed E-state index contributed by atoms with van der Waals surface area (Å²) in [6, 6.07) is 0. The molecule has 0 aliphatic rings. The van der Waals surface area contributed by atoms with E-state index in [9.17, 15) is 0 Å². The van der Waals surface area contributed by atoms with Crippen molar-refractivity contribution in [2.45, 2.75) is 0 Å². The van der Waals surface area contributed by atoms with Gasteiger partial charge in [-0.1, -0.05) is 0 Å². The molecule has 0 aliphatic heterocycles. The van der Waals surface area contributed by atoms with Crippen molar-refractivity contribution in [3.05, 3.63) is 0 Å². The Kier molecular flexibility index (Phi) is 13.8. The van der Waals surface area contributed by atoms with E-state index in [1.165, 1.54) is 0 Å². The fourth-order valence-corrected chi connectivity index (χ4v) is 0. The molecule has 0 fully saturated rings. The average molecular weight is 295 g/mol. The van der Waals surface area contributed by atoms with Gasteiger partial charge in [-0.15, -0.1) is 0 Å². The van der Waals surface area contributed by atoms with Crippen LogP contribution < -0.4 is 0 Å². The topological polar surface area (TPSA) is 60.7 Å². The molecule has 0 aliphatic carbocycles. The van der Waals surface area contributed by atoms with Crippen molar-refractivity contribution >= 4 is 44.4 Å². The van der Waals surface area contributed by atoms with Gasteiger partial charge < -0.3 is 14.7 Å². The quantitative estimate of drug-likeness (QED) is 0.357. The zero-order valence-corrected chi connectivity index (χ0v) is 5.15. The molecule has 0 amide bonds. The molecule has 49 valence electrons. The molecular formula is H6CuInO3PS. The van der Waals surface area contributed by atoms with E-state index in [2.05, 4.69) is 11.8 Å². The Labute approximate surface area is 75.6 Å². The molecule has 0 aromatic heterocycles. The van der Waals surface area contributed by atoms with Crippen molar-refractivity contribution in [3.63, 3.8) is 0 Å². The molecule has 0 aromatic rings. The second kappa shape index (κ2) is 6.05. The van der Waals surface area contributed by atoms with Gasteiger partial charge in [-0.3, -0.25) is 0 Å². The number of hydrogen-bond donors (Lipinski definition) is 3. The molecule has 0 saturated carbocycles. The van der Waals surface area contributed by atoms with Gasteiger partial charge in [0.25, 0.3) is 0 Å². The molecule has 7 heteroatoms. The Morgan fingerprint density at radius 2 is 1.14 bits per heavy atom. The van der Waals surface area contributed by atoms with Gasteiger partial charge in [0.05, 0.1) is 0 Å². The van der Waals surface area contributed by atoms with Gasteiger partial charge in [0.2, 0.25) is 0 Å². The summed E-state index contributed by atoms with van der Waals surface area (Å²) in [5, 5.41) is 0. The first-order valence-electron chi connectivity index (χ1n) is 0.783. The second-order valence-corrected chi connectivity index (χ2v) is 3.01. The van der Waals surface area contributed by atoms with Crippen LogP contribution in [0.25, 0.3) is 0 Å². The van der Waals surface area contributed by atoms with E-state index in [1.807, 2.05) is 0 Å². The predicted octanol–water partition coefficient (Wildman–Crippen LogP) is -2.00. The van der Waals surface area contributed by atoms with Crippen LogP contribution >= 0.6 is 6.72 Å². The second-order valence-electron chi connectivity index (χ2n) is 0.513. The molecule has 7 heavy (non-hydrogen) atoms. The van der Waals surface area contributed by atoms with E-state index < -0.39 is 6.72 Å². The number of rotatable bonds is 0. The van der Waals surface area contributed by atoms with Crippen LogP contribution in [0.3, 0.4) is 0 Å². The van der Waals surface area contributed by atoms with Gasteiger partial charge in [-0.25, -0.2) is 0 Å². The zero-order chi connectivity index (χ0) is 4.50. The maximum atomic E-state index is 7.56. The fraction of sp³-hybridized carbons (Fsp3) is 0. The summed E-state index contributed by atoms with van der Waals surface area (Å²) < 4.78 is 0. The van der Waals surface area contributed by atoms with Crippen molar-refractivity contribution in [2.75, 3.05) is 0 Å². The molecule has 0 aromatic carbocycles. The van der Waals surface area contributed by atoms with Gasteiger partial charge in [0, 0.05) is 17.1 Å². The molecule has 0 unspecified atom stereocenters. The summed E-state index contributed by atoms with van der Waals surface area (Å²) in [6.45, 7) is -3.81. The van der Waals surface area contributed by atoms with Crippen LogP contribution in [-0.2, 0) is 28.9 Å². The predicted molar refractivity (Wildman–Crippen MR) is 30.9 cm³/mol. The van der Waals surface area contributed by atoms with Gasteiger partial charge in [-0.2, -0.15) is 0 Å². The van der Waals surface area contributed by atoms with Gasteiger partial charge in [0.1, 0.15) is 0 Å². The summed E-state index contributed by atoms with van der Waals surface area (Å²) in [6.07, 6.45) is 0. The molecule has 0 saturated heterocycles. The van der Waals surface area contributed by atoms with E-state index in [0.717, 1.165) is 0 Å². The Balaban J connectivity index is -0.0000000800. The third-order valence-corrected chi connectivity index (χ3v) is 0. The Morgan fingerprint density at radius 1 is 1.14 bits per heavy atom. The van der Waals surface area contributed by atoms with Crippen molar-refractivity contribution in [1.82, 2.24) is 0 Å². The average Bonchev–Trinajstić information content (AvgIpc) is 0.722. The summed E-state index contributed by atoms with van der Waals surface area (Å²) in [4.78, 5) is 22.7. The number of hydrogen-bond acceptors (Lipinski definition) is 1. The van der Waals surface area contributed by atoms with E-state index in [-0.39, 0.29) is 42.9 Å². The van der Waals surface area contributed by atoms with Crippen LogP contribution in [0.2, 0.25) is 0 Å².